The van der Waals surface area contributed by atoms with Gasteiger partial charge in [-0.2, -0.15) is 0 Å². The standard InChI is InChI=1S/C21H27NO6/c1-3-13-6-8-14(9-7-13)11-15-5-4-10-22-20(15)28-21-18(26)16(24)17(25)19(27-21)12(2)23/h4-10,12,16-19,21,23-26H,3,11H2,1-2H3/t12-,16+,17+,18-,19-,21+/m1/s1. The van der Waals surface area contributed by atoms with Crippen molar-refractivity contribution in [1.29, 1.82) is 0 Å². The highest BCUT2D eigenvalue weighted by molar-refractivity contribution is 5.33. The van der Waals surface area contributed by atoms with Crippen molar-refractivity contribution in [3.05, 3.63) is 59.3 Å². The van der Waals surface area contributed by atoms with Gasteiger partial charge in [0.05, 0.1) is 6.10 Å². The molecule has 1 fully saturated rings. The van der Waals surface area contributed by atoms with Crippen LogP contribution in [0.5, 0.6) is 5.88 Å². The van der Waals surface area contributed by atoms with Crippen molar-refractivity contribution in [1.82, 2.24) is 4.98 Å². The highest BCUT2D eigenvalue weighted by atomic mass is 16.7. The van der Waals surface area contributed by atoms with Crippen LogP contribution in [0, 0.1) is 0 Å². The third-order valence-corrected chi connectivity index (χ3v) is 4.99. The van der Waals surface area contributed by atoms with Crippen LogP contribution in [0.3, 0.4) is 0 Å². The highest BCUT2D eigenvalue weighted by Gasteiger charge is 2.46. The molecule has 2 aromatic rings. The molecule has 7 nitrogen and oxygen atoms in total. The van der Waals surface area contributed by atoms with Crippen molar-refractivity contribution in [2.75, 3.05) is 0 Å². The summed E-state index contributed by atoms with van der Waals surface area (Å²) >= 11 is 0. The van der Waals surface area contributed by atoms with Gasteiger partial charge in [-0.3, -0.25) is 0 Å². The van der Waals surface area contributed by atoms with E-state index in [1.54, 1.807) is 12.3 Å². The van der Waals surface area contributed by atoms with Gasteiger partial charge in [0.2, 0.25) is 12.2 Å². The monoisotopic (exact) mass is 389 g/mol. The molecule has 0 amide bonds. The predicted molar refractivity (Wildman–Crippen MR) is 102 cm³/mol. The molecule has 7 heteroatoms. The molecule has 0 unspecified atom stereocenters. The number of aliphatic hydroxyl groups excluding tert-OH is 4. The maximum absolute atomic E-state index is 10.2. The number of nitrogens with zero attached hydrogens (tertiary/aromatic N) is 1. The van der Waals surface area contributed by atoms with Crippen LogP contribution in [0.1, 0.15) is 30.5 Å². The van der Waals surface area contributed by atoms with Crippen LogP contribution in [0.15, 0.2) is 42.6 Å². The van der Waals surface area contributed by atoms with Crippen molar-refractivity contribution in [2.24, 2.45) is 0 Å². The van der Waals surface area contributed by atoms with Gasteiger partial charge in [0.1, 0.15) is 24.4 Å². The Morgan fingerprint density at radius 3 is 2.36 bits per heavy atom. The Balaban J connectivity index is 1.78. The minimum absolute atomic E-state index is 0.263. The highest BCUT2D eigenvalue weighted by Crippen LogP contribution is 2.27. The number of aliphatic hydroxyl groups is 4. The summed E-state index contributed by atoms with van der Waals surface area (Å²) in [7, 11) is 0. The lowest BCUT2D eigenvalue weighted by molar-refractivity contribution is -0.287. The molecule has 1 saturated heterocycles. The first-order valence-electron chi connectivity index (χ1n) is 9.46. The van der Waals surface area contributed by atoms with Crippen LogP contribution in [0.25, 0.3) is 0 Å². The van der Waals surface area contributed by atoms with Gasteiger partial charge in [-0.25, -0.2) is 4.98 Å². The van der Waals surface area contributed by atoms with Gasteiger partial charge in [-0.05, 0) is 30.5 Å². The van der Waals surface area contributed by atoms with Gasteiger partial charge in [0.25, 0.3) is 0 Å². The predicted octanol–water partition coefficient (Wildman–Crippen LogP) is 0.802. The van der Waals surface area contributed by atoms with Crippen LogP contribution in [0.4, 0.5) is 0 Å². The van der Waals surface area contributed by atoms with Crippen molar-refractivity contribution < 1.29 is 29.9 Å². The lowest BCUT2D eigenvalue weighted by Gasteiger charge is -2.41. The van der Waals surface area contributed by atoms with Crippen LogP contribution >= 0.6 is 0 Å². The molecule has 0 bridgehead atoms. The topological polar surface area (TPSA) is 112 Å². The minimum atomic E-state index is -1.51. The average Bonchev–Trinajstić information content (AvgIpc) is 2.70. The molecule has 152 valence electrons. The van der Waals surface area contributed by atoms with Gasteiger partial charge in [0.15, 0.2) is 0 Å². The van der Waals surface area contributed by atoms with E-state index in [9.17, 15) is 20.4 Å². The van der Waals surface area contributed by atoms with E-state index >= 15 is 0 Å². The van der Waals surface area contributed by atoms with E-state index in [0.717, 1.165) is 17.5 Å². The fraction of sp³-hybridized carbons (Fsp3) is 0.476. The van der Waals surface area contributed by atoms with E-state index in [1.807, 2.05) is 18.2 Å². The molecular weight excluding hydrogens is 362 g/mol. The van der Waals surface area contributed by atoms with E-state index < -0.39 is 36.8 Å². The first kappa shape index (κ1) is 20.7. The normalized spacial score (nSPS) is 28.7. The Morgan fingerprint density at radius 1 is 1.04 bits per heavy atom. The van der Waals surface area contributed by atoms with Gasteiger partial charge < -0.3 is 29.9 Å². The summed E-state index contributed by atoms with van der Waals surface area (Å²) in [6, 6.07) is 11.9. The van der Waals surface area contributed by atoms with Crippen LogP contribution in [-0.2, 0) is 17.6 Å². The fourth-order valence-electron chi connectivity index (χ4n) is 3.26. The van der Waals surface area contributed by atoms with Gasteiger partial charge in [-0.15, -0.1) is 0 Å². The van der Waals surface area contributed by atoms with Gasteiger partial charge in [0, 0.05) is 18.2 Å². The van der Waals surface area contributed by atoms with E-state index in [1.165, 1.54) is 12.5 Å². The van der Waals surface area contributed by atoms with Crippen molar-refractivity contribution in [3.8, 4) is 5.88 Å². The molecule has 6 atom stereocenters. The maximum atomic E-state index is 10.2. The molecule has 1 aliphatic heterocycles. The third kappa shape index (κ3) is 4.51. The second kappa shape index (κ2) is 8.98. The van der Waals surface area contributed by atoms with Crippen LogP contribution in [-0.4, -0.2) is 62.2 Å². The molecule has 0 aliphatic carbocycles. The fourth-order valence-corrected chi connectivity index (χ4v) is 3.26. The molecule has 0 saturated carbocycles. The zero-order valence-corrected chi connectivity index (χ0v) is 16.0. The maximum Gasteiger partial charge on any atom is 0.231 e. The molecule has 3 rings (SSSR count). The third-order valence-electron chi connectivity index (χ3n) is 4.99. The number of benzene rings is 1. The summed E-state index contributed by atoms with van der Waals surface area (Å²) in [4.78, 5) is 4.23. The first-order valence-corrected chi connectivity index (χ1v) is 9.46. The smallest absolute Gasteiger partial charge is 0.231 e. The van der Waals surface area contributed by atoms with E-state index in [-0.39, 0.29) is 5.88 Å². The van der Waals surface area contributed by atoms with E-state index in [0.29, 0.717) is 6.42 Å². The van der Waals surface area contributed by atoms with Gasteiger partial charge in [-0.1, -0.05) is 37.3 Å². The molecule has 2 heterocycles. The van der Waals surface area contributed by atoms with Crippen LogP contribution < -0.4 is 4.74 Å². The van der Waals surface area contributed by atoms with E-state index in [4.69, 9.17) is 9.47 Å². The summed E-state index contributed by atoms with van der Waals surface area (Å²) in [5.74, 6) is 0.263. The summed E-state index contributed by atoms with van der Waals surface area (Å²) in [6.07, 6.45) is -4.72. The molecule has 0 spiro atoms. The Hall–Kier alpha value is -2.03. The quantitative estimate of drug-likeness (QED) is 0.578. The molecule has 0 radical (unpaired) electrons. The largest absolute Gasteiger partial charge is 0.445 e. The number of hydrogen-bond acceptors (Lipinski definition) is 7. The molecular formula is C21H27NO6. The number of aryl methyl sites for hydroxylation is 1. The van der Waals surface area contributed by atoms with E-state index in [2.05, 4.69) is 24.0 Å². The summed E-state index contributed by atoms with van der Waals surface area (Å²) in [5, 5.41) is 40.1. The molecule has 28 heavy (non-hydrogen) atoms. The summed E-state index contributed by atoms with van der Waals surface area (Å²) in [6.45, 7) is 3.53. The SMILES string of the molecule is CCc1ccc(Cc2cccnc2O[C@@H]2O[C@H]([C@@H](C)O)[C@@H](O)[C@H](O)[C@H]2O)cc1. The number of pyridine rings is 1. The first-order chi connectivity index (χ1) is 13.4. The van der Waals surface area contributed by atoms with Gasteiger partial charge >= 0.3 is 0 Å². The molecule has 1 aromatic heterocycles. The molecule has 1 aliphatic rings. The number of rotatable bonds is 6. The number of ether oxygens (including phenoxy) is 2. The van der Waals surface area contributed by atoms with Crippen molar-refractivity contribution in [3.63, 3.8) is 0 Å². The molecule has 4 N–H and O–H groups in total. The average molecular weight is 389 g/mol. The zero-order chi connectivity index (χ0) is 20.3. The second-order valence-electron chi connectivity index (χ2n) is 7.11. The molecule has 1 aromatic carbocycles. The Kier molecular flexibility index (Phi) is 6.64. The van der Waals surface area contributed by atoms with Crippen molar-refractivity contribution >= 4 is 0 Å². The summed E-state index contributed by atoms with van der Waals surface area (Å²) < 4.78 is 11.3. The van der Waals surface area contributed by atoms with Crippen LogP contribution in [0.2, 0.25) is 0 Å². The Labute approximate surface area is 164 Å². The number of aromatic nitrogens is 1. The number of hydrogen-bond donors (Lipinski definition) is 4. The summed E-state index contributed by atoms with van der Waals surface area (Å²) in [5.41, 5.74) is 3.12. The zero-order valence-electron chi connectivity index (χ0n) is 16.0. The minimum Gasteiger partial charge on any atom is -0.445 e. The lowest BCUT2D eigenvalue weighted by atomic mass is 9.96. The van der Waals surface area contributed by atoms with Crippen molar-refractivity contribution in [2.45, 2.75) is 63.5 Å². The Morgan fingerprint density at radius 2 is 1.71 bits per heavy atom. The lowest BCUT2D eigenvalue weighted by Crippen LogP contribution is -2.61. The second-order valence-corrected chi connectivity index (χ2v) is 7.11. The Bertz CT molecular complexity index is 766.